The lowest BCUT2D eigenvalue weighted by Gasteiger charge is -2.13. The molecule has 0 radical (unpaired) electrons. The number of rotatable bonds is 0. The SMILES string of the molecule is N[C@@H]1C[C@H]2C[C@@H]1[C@@H]1S[C@H]21. The molecule has 1 saturated heterocycles. The molecule has 1 aliphatic heterocycles. The van der Waals surface area contributed by atoms with Crippen molar-refractivity contribution in [2.45, 2.75) is 29.4 Å². The molecule has 5 atom stereocenters. The van der Waals surface area contributed by atoms with Gasteiger partial charge in [-0.25, -0.2) is 0 Å². The molecule has 3 rings (SSSR count). The van der Waals surface area contributed by atoms with Crippen molar-refractivity contribution in [1.82, 2.24) is 0 Å². The van der Waals surface area contributed by atoms with Crippen LogP contribution in [0.15, 0.2) is 0 Å². The number of hydrogen-bond donors (Lipinski definition) is 1. The van der Waals surface area contributed by atoms with Gasteiger partial charge >= 0.3 is 0 Å². The highest BCUT2D eigenvalue weighted by Crippen LogP contribution is 2.65. The normalized spacial score (nSPS) is 68.3. The molecule has 0 aromatic carbocycles. The molecular formula is C7H11NS. The van der Waals surface area contributed by atoms with E-state index in [0.29, 0.717) is 6.04 Å². The van der Waals surface area contributed by atoms with E-state index in [-0.39, 0.29) is 0 Å². The van der Waals surface area contributed by atoms with Crippen molar-refractivity contribution < 1.29 is 0 Å². The highest BCUT2D eigenvalue weighted by molar-refractivity contribution is 8.07. The maximum absolute atomic E-state index is 5.92. The van der Waals surface area contributed by atoms with Gasteiger partial charge in [-0.15, -0.1) is 0 Å². The van der Waals surface area contributed by atoms with E-state index in [0.717, 1.165) is 22.3 Å². The third kappa shape index (κ3) is 0.478. The molecule has 2 N–H and O–H groups in total. The summed E-state index contributed by atoms with van der Waals surface area (Å²) in [5.74, 6) is 1.95. The summed E-state index contributed by atoms with van der Waals surface area (Å²) in [4.78, 5) is 0. The van der Waals surface area contributed by atoms with Gasteiger partial charge in [0.05, 0.1) is 0 Å². The summed E-state index contributed by atoms with van der Waals surface area (Å²) in [5.41, 5.74) is 5.92. The summed E-state index contributed by atoms with van der Waals surface area (Å²) in [6, 6.07) is 0.575. The quantitative estimate of drug-likeness (QED) is 0.506. The summed E-state index contributed by atoms with van der Waals surface area (Å²) >= 11 is 2.18. The molecule has 9 heavy (non-hydrogen) atoms. The van der Waals surface area contributed by atoms with E-state index in [1.165, 1.54) is 12.8 Å². The van der Waals surface area contributed by atoms with Crippen LogP contribution in [0.3, 0.4) is 0 Å². The van der Waals surface area contributed by atoms with Gasteiger partial charge in [0.1, 0.15) is 0 Å². The van der Waals surface area contributed by atoms with Crippen LogP contribution in [0.1, 0.15) is 12.8 Å². The van der Waals surface area contributed by atoms with Crippen molar-refractivity contribution in [3.05, 3.63) is 0 Å². The fourth-order valence-electron chi connectivity index (χ4n) is 2.65. The third-order valence-electron chi connectivity index (χ3n) is 3.15. The minimum Gasteiger partial charge on any atom is -0.327 e. The van der Waals surface area contributed by atoms with Crippen LogP contribution >= 0.6 is 11.8 Å². The molecule has 1 heterocycles. The maximum atomic E-state index is 5.92. The molecule has 0 aromatic heterocycles. The smallest absolute Gasteiger partial charge is 0.0215 e. The van der Waals surface area contributed by atoms with E-state index in [4.69, 9.17) is 5.73 Å². The summed E-state index contributed by atoms with van der Waals surface area (Å²) in [7, 11) is 0. The van der Waals surface area contributed by atoms with E-state index in [1.807, 2.05) is 0 Å². The Labute approximate surface area is 59.4 Å². The number of thioether (sulfide) groups is 1. The monoisotopic (exact) mass is 141 g/mol. The lowest BCUT2D eigenvalue weighted by Crippen LogP contribution is -2.30. The van der Waals surface area contributed by atoms with Crippen molar-refractivity contribution >= 4 is 11.8 Å². The lowest BCUT2D eigenvalue weighted by molar-refractivity contribution is 0.468. The van der Waals surface area contributed by atoms with Crippen LogP contribution in [0.25, 0.3) is 0 Å². The molecule has 0 unspecified atom stereocenters. The summed E-state index contributed by atoms with van der Waals surface area (Å²) in [6.45, 7) is 0. The van der Waals surface area contributed by atoms with Gasteiger partial charge in [-0.05, 0) is 24.7 Å². The first-order valence-electron chi connectivity index (χ1n) is 3.77. The standard InChI is InChI=1S/C7H11NS/c8-5-2-3-1-4(5)7-6(3)9-7/h3-7H,1-2,8H2/t3-,4+,5-,6-,7+/m1/s1. The summed E-state index contributed by atoms with van der Waals surface area (Å²) in [5, 5.41) is 2.08. The summed E-state index contributed by atoms with van der Waals surface area (Å²) < 4.78 is 0. The van der Waals surface area contributed by atoms with Gasteiger partial charge in [-0.2, -0.15) is 11.8 Å². The number of nitrogens with two attached hydrogens (primary N) is 1. The van der Waals surface area contributed by atoms with Gasteiger partial charge in [0.2, 0.25) is 0 Å². The Hall–Kier alpha value is 0.310. The van der Waals surface area contributed by atoms with Gasteiger partial charge < -0.3 is 5.73 Å². The van der Waals surface area contributed by atoms with Crippen LogP contribution in [-0.2, 0) is 0 Å². The minimum atomic E-state index is 0.575. The zero-order valence-corrected chi connectivity index (χ0v) is 6.10. The summed E-state index contributed by atoms with van der Waals surface area (Å²) in [6.07, 6.45) is 2.79. The average Bonchev–Trinajstić information content (AvgIpc) is 2.46. The molecule has 2 bridgehead atoms. The van der Waals surface area contributed by atoms with Crippen LogP contribution in [-0.4, -0.2) is 16.5 Å². The molecule has 2 saturated carbocycles. The van der Waals surface area contributed by atoms with E-state index in [9.17, 15) is 0 Å². The lowest BCUT2D eigenvalue weighted by atomic mass is 9.96. The number of hydrogen-bond acceptors (Lipinski definition) is 2. The fourth-order valence-corrected chi connectivity index (χ4v) is 4.31. The highest BCUT2D eigenvalue weighted by atomic mass is 32.2. The Morgan fingerprint density at radius 2 is 2.11 bits per heavy atom. The zero-order chi connectivity index (χ0) is 6.01. The Bertz CT molecular complexity index is 155. The van der Waals surface area contributed by atoms with E-state index in [2.05, 4.69) is 11.8 Å². The van der Waals surface area contributed by atoms with E-state index >= 15 is 0 Å². The van der Waals surface area contributed by atoms with Crippen molar-refractivity contribution in [2.24, 2.45) is 17.6 Å². The van der Waals surface area contributed by atoms with Crippen LogP contribution in [0.5, 0.6) is 0 Å². The minimum absolute atomic E-state index is 0.575. The first kappa shape index (κ1) is 5.03. The van der Waals surface area contributed by atoms with E-state index < -0.39 is 0 Å². The third-order valence-corrected chi connectivity index (χ3v) is 4.78. The topological polar surface area (TPSA) is 26.0 Å². The largest absolute Gasteiger partial charge is 0.327 e. The van der Waals surface area contributed by atoms with Crippen LogP contribution in [0.4, 0.5) is 0 Å². The van der Waals surface area contributed by atoms with Crippen molar-refractivity contribution in [3.8, 4) is 0 Å². The Balaban J connectivity index is 1.96. The molecule has 0 amide bonds. The first-order chi connectivity index (χ1) is 4.36. The molecule has 3 aliphatic rings. The molecular weight excluding hydrogens is 130 g/mol. The second-order valence-electron chi connectivity index (χ2n) is 3.62. The molecule has 50 valence electrons. The maximum Gasteiger partial charge on any atom is 0.0215 e. The molecule has 2 heteroatoms. The average molecular weight is 141 g/mol. The predicted molar refractivity (Wildman–Crippen MR) is 39.4 cm³/mol. The van der Waals surface area contributed by atoms with Crippen LogP contribution < -0.4 is 5.73 Å². The predicted octanol–water partition coefficient (Wildman–Crippen LogP) is 0.838. The zero-order valence-electron chi connectivity index (χ0n) is 5.29. The van der Waals surface area contributed by atoms with Crippen molar-refractivity contribution in [3.63, 3.8) is 0 Å². The Morgan fingerprint density at radius 1 is 1.22 bits per heavy atom. The van der Waals surface area contributed by atoms with Crippen LogP contribution in [0.2, 0.25) is 0 Å². The Kier molecular flexibility index (Phi) is 0.740. The van der Waals surface area contributed by atoms with Crippen molar-refractivity contribution in [1.29, 1.82) is 0 Å². The van der Waals surface area contributed by atoms with Crippen LogP contribution in [0, 0.1) is 11.8 Å². The molecule has 3 fully saturated rings. The van der Waals surface area contributed by atoms with Gasteiger partial charge in [0, 0.05) is 16.5 Å². The first-order valence-corrected chi connectivity index (χ1v) is 4.71. The molecule has 0 aromatic rings. The van der Waals surface area contributed by atoms with Gasteiger partial charge in [-0.3, -0.25) is 0 Å². The van der Waals surface area contributed by atoms with Gasteiger partial charge in [0.25, 0.3) is 0 Å². The van der Waals surface area contributed by atoms with Gasteiger partial charge in [0.15, 0.2) is 0 Å². The molecule has 1 nitrogen and oxygen atoms in total. The van der Waals surface area contributed by atoms with E-state index in [1.54, 1.807) is 0 Å². The second-order valence-corrected chi connectivity index (χ2v) is 4.99. The molecule has 2 aliphatic carbocycles. The number of fused-ring (bicyclic) bond motifs is 5. The van der Waals surface area contributed by atoms with Gasteiger partial charge in [-0.1, -0.05) is 0 Å². The fraction of sp³-hybridized carbons (Fsp3) is 1.00. The molecule has 0 spiro atoms. The highest BCUT2D eigenvalue weighted by Gasteiger charge is 2.61. The second kappa shape index (κ2) is 1.32. The Morgan fingerprint density at radius 3 is 2.67 bits per heavy atom. The van der Waals surface area contributed by atoms with Crippen molar-refractivity contribution in [2.75, 3.05) is 0 Å².